The van der Waals surface area contributed by atoms with Crippen molar-refractivity contribution >= 4 is 55.9 Å². The SMILES string of the molecule is [2H]C([2H])([2H])c1c[c-]c(-c2cc(C([2H])([2H])C(C)(C)C)c([Si](C)(C)C)cn2)cc1.[2H]C([2H])([2H])c1ccc(-c2ccc3c(n2)sc2c(-c4nc5ccccc5n4-c4ccc(C(C)(C)C)cc4-c4ccccc4)[c-]cc(C)c23)cc1.[Ir]. The van der Waals surface area contributed by atoms with Crippen LogP contribution < -0.4 is 5.19 Å². The number of fused-ring (bicyclic) bond motifs is 4. The summed E-state index contributed by atoms with van der Waals surface area (Å²) in [6.45, 7) is 16.8. The van der Waals surface area contributed by atoms with Gasteiger partial charge in [-0.15, -0.1) is 53.1 Å². The first-order valence-electron chi connectivity index (χ1n) is 27.1. The summed E-state index contributed by atoms with van der Waals surface area (Å²) < 4.78 is 66.6. The number of rotatable bonds is 7. The average molecular weight is 1120 g/mol. The van der Waals surface area contributed by atoms with Crippen LogP contribution in [0.2, 0.25) is 19.6 Å². The van der Waals surface area contributed by atoms with Crippen LogP contribution in [-0.2, 0) is 31.9 Å². The molecule has 0 amide bonds. The van der Waals surface area contributed by atoms with E-state index in [1.54, 1.807) is 41.8 Å². The Labute approximate surface area is 439 Å². The van der Waals surface area contributed by atoms with E-state index in [1.807, 2.05) is 51.1 Å². The van der Waals surface area contributed by atoms with Crippen molar-refractivity contribution in [1.82, 2.24) is 19.5 Å². The molecule has 0 saturated carbocycles. The van der Waals surface area contributed by atoms with Gasteiger partial charge in [-0.25, -0.2) is 4.98 Å². The number of pyridine rings is 2. The van der Waals surface area contributed by atoms with Gasteiger partial charge in [-0.2, -0.15) is 11.3 Å². The van der Waals surface area contributed by atoms with Gasteiger partial charge in [-0.05, 0) is 81.1 Å². The number of aromatic nitrogens is 4. The van der Waals surface area contributed by atoms with E-state index in [0.717, 1.165) is 81.5 Å². The molecule has 4 heterocycles. The van der Waals surface area contributed by atoms with Crippen LogP contribution in [0.5, 0.6) is 0 Å². The van der Waals surface area contributed by atoms with Crippen LogP contribution in [0.15, 0.2) is 146 Å². The van der Waals surface area contributed by atoms with Crippen molar-refractivity contribution in [1.29, 1.82) is 0 Å². The molecule has 0 unspecified atom stereocenters. The summed E-state index contributed by atoms with van der Waals surface area (Å²) in [7, 11) is -1.81. The number of hydrogen-bond acceptors (Lipinski definition) is 4. The van der Waals surface area contributed by atoms with Crippen molar-refractivity contribution in [2.24, 2.45) is 5.41 Å². The molecule has 351 valence electrons. The Morgan fingerprint density at radius 3 is 2.13 bits per heavy atom. The Bertz CT molecular complexity index is 3770. The average Bonchev–Trinajstić information content (AvgIpc) is 3.98. The van der Waals surface area contributed by atoms with Crippen molar-refractivity contribution in [3.05, 3.63) is 186 Å². The molecule has 0 aliphatic heterocycles. The molecular formula is C62H62IrN4SSi-2. The second kappa shape index (κ2) is 19.5. The fraction of sp³-hybridized carbons (Fsp3) is 0.242. The zero-order valence-corrected chi connectivity index (χ0v) is 45.1. The zero-order valence-electron chi connectivity index (χ0n) is 48.9. The molecule has 4 nitrogen and oxygen atoms in total. The second-order valence-corrected chi connectivity index (χ2v) is 26.7. The molecule has 0 aliphatic carbocycles. The van der Waals surface area contributed by atoms with Gasteiger partial charge in [0.2, 0.25) is 0 Å². The summed E-state index contributed by atoms with van der Waals surface area (Å²) in [6.07, 6.45) is 0.269. The van der Waals surface area contributed by atoms with Gasteiger partial charge in [0.05, 0.1) is 30.6 Å². The Hall–Kier alpha value is -5.82. The largest absolute Gasteiger partial charge is 0.333 e. The van der Waals surface area contributed by atoms with E-state index in [9.17, 15) is 0 Å². The number of hydrogen-bond donors (Lipinski definition) is 0. The van der Waals surface area contributed by atoms with Gasteiger partial charge < -0.3 is 9.55 Å². The number of imidazole rings is 1. The number of thiophene rings is 1. The standard InChI is InChI=1S/C42H34N3S.C20H28NSi.Ir/c1-26-15-18-29(19-16-26)34-23-22-31-38-27(2)17-21-32(39(38)46-41(31)44-34)40-43-35-13-9-10-14-37(35)45(40)36-24-20-30(42(3,4)5)25-33(36)28-11-7-6-8-12-28;1-15-8-10-16(11-9-15)18-12-17(13-20(2,3)4)19(14-21-18)22(5,6)7;/h6-20,22-25H,1-5H3;8-10,12,14H,13H2,1-7H3;/q2*-1;/i1D3;1D3,13D2;. The normalized spacial score (nSPS) is 14.3. The fourth-order valence-electron chi connectivity index (χ4n) is 8.61. The van der Waals surface area contributed by atoms with E-state index in [2.05, 4.69) is 148 Å². The Kier molecular flexibility index (Phi) is 11.3. The molecule has 6 aromatic carbocycles. The zero-order chi connectivity index (χ0) is 54.9. The molecule has 0 atom stereocenters. The topological polar surface area (TPSA) is 43.6 Å². The van der Waals surface area contributed by atoms with E-state index in [1.165, 1.54) is 11.6 Å². The number of aryl methyl sites for hydroxylation is 3. The molecule has 0 fully saturated rings. The van der Waals surface area contributed by atoms with Crippen LogP contribution in [0.3, 0.4) is 0 Å². The van der Waals surface area contributed by atoms with E-state index in [-0.39, 0.29) is 31.1 Å². The van der Waals surface area contributed by atoms with Crippen molar-refractivity contribution in [3.8, 4) is 50.7 Å². The quantitative estimate of drug-likeness (QED) is 0.118. The molecule has 0 saturated heterocycles. The monoisotopic (exact) mass is 1120 g/mol. The van der Waals surface area contributed by atoms with Gasteiger partial charge in [0.25, 0.3) is 0 Å². The third kappa shape index (κ3) is 10.5. The first-order chi connectivity index (χ1) is 35.5. The molecule has 10 aromatic rings. The van der Waals surface area contributed by atoms with E-state index < -0.39 is 33.6 Å². The van der Waals surface area contributed by atoms with Gasteiger partial charge in [0.15, 0.2) is 0 Å². The molecule has 0 spiro atoms. The molecule has 1 radical (unpaired) electrons. The summed E-state index contributed by atoms with van der Waals surface area (Å²) in [6, 6.07) is 52.1. The minimum absolute atomic E-state index is 0. The summed E-state index contributed by atoms with van der Waals surface area (Å²) >= 11 is 1.65. The van der Waals surface area contributed by atoms with Crippen LogP contribution >= 0.6 is 11.3 Å². The first-order valence-corrected chi connectivity index (χ1v) is 27.4. The molecule has 0 aliphatic rings. The Morgan fingerprint density at radius 1 is 0.725 bits per heavy atom. The number of benzene rings is 6. The molecule has 0 N–H and O–H groups in total. The summed E-state index contributed by atoms with van der Waals surface area (Å²) in [5, 5.41) is 3.23. The van der Waals surface area contributed by atoms with Crippen molar-refractivity contribution in [2.45, 2.75) is 93.6 Å². The van der Waals surface area contributed by atoms with Crippen molar-refractivity contribution in [3.63, 3.8) is 0 Å². The third-order valence-corrected chi connectivity index (χ3v) is 15.2. The maximum absolute atomic E-state index is 8.79. The van der Waals surface area contributed by atoms with Gasteiger partial charge in [0.1, 0.15) is 4.83 Å². The maximum Gasteiger partial charge on any atom is 0.114 e. The van der Waals surface area contributed by atoms with Crippen molar-refractivity contribution in [2.75, 3.05) is 0 Å². The third-order valence-electron chi connectivity index (χ3n) is 12.1. The van der Waals surface area contributed by atoms with E-state index in [4.69, 9.17) is 20.9 Å². The first kappa shape index (κ1) is 40.0. The van der Waals surface area contributed by atoms with E-state index in [0.29, 0.717) is 22.4 Å². The number of para-hydroxylation sites is 2. The fourth-order valence-corrected chi connectivity index (χ4v) is 11.2. The summed E-state index contributed by atoms with van der Waals surface area (Å²) in [5.74, 6) is 0.832. The summed E-state index contributed by atoms with van der Waals surface area (Å²) in [4.78, 5) is 15.9. The van der Waals surface area contributed by atoms with Crippen LogP contribution in [0.4, 0.5) is 0 Å². The minimum Gasteiger partial charge on any atom is -0.333 e. The Balaban J connectivity index is 0.000000239. The number of nitrogens with zero attached hydrogens (tertiary/aromatic N) is 4. The second-order valence-electron chi connectivity index (χ2n) is 20.6. The smallest absolute Gasteiger partial charge is 0.114 e. The predicted molar refractivity (Wildman–Crippen MR) is 294 cm³/mol. The van der Waals surface area contributed by atoms with Crippen LogP contribution in [0.25, 0.3) is 82.1 Å². The van der Waals surface area contributed by atoms with E-state index >= 15 is 0 Å². The van der Waals surface area contributed by atoms with Crippen LogP contribution in [0, 0.1) is 38.2 Å². The van der Waals surface area contributed by atoms with Gasteiger partial charge >= 0.3 is 0 Å². The molecule has 7 heteroatoms. The van der Waals surface area contributed by atoms with Gasteiger partial charge in [0, 0.05) is 59.5 Å². The Morgan fingerprint density at radius 2 is 1.45 bits per heavy atom. The van der Waals surface area contributed by atoms with Gasteiger partial charge in [-0.3, -0.25) is 4.98 Å². The summed E-state index contributed by atoms with van der Waals surface area (Å²) in [5.41, 5.74) is 12.2. The molecule has 10 rings (SSSR count). The van der Waals surface area contributed by atoms with Crippen LogP contribution in [-0.4, -0.2) is 27.6 Å². The van der Waals surface area contributed by atoms with Gasteiger partial charge in [-0.1, -0.05) is 182 Å². The molecule has 69 heavy (non-hydrogen) atoms. The molecular weight excluding hydrogens is 1050 g/mol. The van der Waals surface area contributed by atoms with Crippen LogP contribution in [0.1, 0.15) is 80.3 Å². The minimum atomic E-state index is -2.17. The molecule has 4 aromatic heterocycles. The van der Waals surface area contributed by atoms with Crippen molar-refractivity contribution < 1.29 is 31.1 Å². The maximum atomic E-state index is 8.79. The predicted octanol–water partition coefficient (Wildman–Crippen LogP) is 16.5. The molecule has 0 bridgehead atoms.